The summed E-state index contributed by atoms with van der Waals surface area (Å²) >= 11 is 1.55. The average molecular weight is 236 g/mol. The Morgan fingerprint density at radius 2 is 2.31 bits per heavy atom. The molecule has 0 fully saturated rings. The summed E-state index contributed by atoms with van der Waals surface area (Å²) in [4.78, 5) is 24.1. The van der Waals surface area contributed by atoms with Crippen LogP contribution in [0.3, 0.4) is 0 Å². The predicted octanol–water partition coefficient (Wildman–Crippen LogP) is 2.54. The first kappa shape index (κ1) is 11.2. The molecule has 1 aromatic carbocycles. The van der Waals surface area contributed by atoms with Crippen LogP contribution in [-0.4, -0.2) is 24.1 Å². The lowest BCUT2D eigenvalue weighted by Crippen LogP contribution is -2.13. The van der Waals surface area contributed by atoms with Crippen LogP contribution in [0.5, 0.6) is 0 Å². The number of hydrogen-bond acceptors (Lipinski definition) is 4. The second kappa shape index (κ2) is 4.70. The first-order chi connectivity index (χ1) is 7.74. The van der Waals surface area contributed by atoms with Crippen molar-refractivity contribution in [2.75, 3.05) is 12.4 Å². The maximum atomic E-state index is 11.7. The predicted molar refractivity (Wildman–Crippen MR) is 62.1 cm³/mol. The van der Waals surface area contributed by atoms with Crippen LogP contribution in [0, 0.1) is 0 Å². The summed E-state index contributed by atoms with van der Waals surface area (Å²) in [5.74, 6) is 0.504. The molecule has 0 N–H and O–H groups in total. The Morgan fingerprint density at radius 1 is 1.50 bits per heavy atom. The summed E-state index contributed by atoms with van der Waals surface area (Å²) in [6.45, 7) is 2.12. The lowest BCUT2D eigenvalue weighted by molar-refractivity contribution is 0.0522. The van der Waals surface area contributed by atoms with Gasteiger partial charge in [0.2, 0.25) is 0 Å². The minimum absolute atomic E-state index is 0.111. The summed E-state index contributed by atoms with van der Waals surface area (Å²) < 4.78 is 4.97. The summed E-state index contributed by atoms with van der Waals surface area (Å²) in [5.41, 5.74) is 1.17. The van der Waals surface area contributed by atoms with Crippen molar-refractivity contribution in [2.24, 2.45) is 0 Å². The van der Waals surface area contributed by atoms with Crippen LogP contribution in [0.15, 0.2) is 23.1 Å². The number of carbonyl (C=O) groups excluding carboxylic acids is 2. The number of benzene rings is 1. The molecule has 2 rings (SSSR count). The molecule has 3 nitrogen and oxygen atoms in total. The Morgan fingerprint density at radius 3 is 3.06 bits per heavy atom. The number of fused-ring (bicyclic) bond motifs is 1. The van der Waals surface area contributed by atoms with E-state index in [1.54, 1.807) is 36.9 Å². The second-order valence-electron chi connectivity index (χ2n) is 3.42. The van der Waals surface area contributed by atoms with E-state index in [1.807, 2.05) is 0 Å². The first-order valence-electron chi connectivity index (χ1n) is 5.20. The molecule has 0 atom stereocenters. The van der Waals surface area contributed by atoms with Crippen molar-refractivity contribution in [3.8, 4) is 0 Å². The van der Waals surface area contributed by atoms with Crippen LogP contribution in [-0.2, 0) is 4.74 Å². The monoisotopic (exact) mass is 236 g/mol. The van der Waals surface area contributed by atoms with Crippen molar-refractivity contribution >= 4 is 23.5 Å². The van der Waals surface area contributed by atoms with Gasteiger partial charge in [-0.25, -0.2) is 4.79 Å². The highest BCUT2D eigenvalue weighted by molar-refractivity contribution is 7.99. The number of ketones is 1. The van der Waals surface area contributed by atoms with Gasteiger partial charge in [0.1, 0.15) is 0 Å². The Labute approximate surface area is 98.2 Å². The van der Waals surface area contributed by atoms with E-state index in [0.29, 0.717) is 24.2 Å². The molecule has 0 saturated carbocycles. The summed E-state index contributed by atoms with van der Waals surface area (Å²) in [6.07, 6.45) is 0.546. The van der Waals surface area contributed by atoms with Crippen LogP contribution >= 0.6 is 11.8 Å². The van der Waals surface area contributed by atoms with Gasteiger partial charge in [-0.2, -0.15) is 0 Å². The number of hydrogen-bond donors (Lipinski definition) is 0. The van der Waals surface area contributed by atoms with Gasteiger partial charge in [0.05, 0.1) is 12.2 Å². The van der Waals surface area contributed by atoms with Crippen molar-refractivity contribution in [1.29, 1.82) is 0 Å². The smallest absolute Gasteiger partial charge is 0.339 e. The van der Waals surface area contributed by atoms with Gasteiger partial charge >= 0.3 is 5.97 Å². The molecule has 0 spiro atoms. The molecule has 16 heavy (non-hydrogen) atoms. The van der Waals surface area contributed by atoms with Crippen molar-refractivity contribution in [2.45, 2.75) is 18.2 Å². The summed E-state index contributed by atoms with van der Waals surface area (Å²) in [6, 6.07) is 5.21. The molecule has 0 aliphatic carbocycles. The molecule has 0 bridgehead atoms. The molecule has 84 valence electrons. The van der Waals surface area contributed by atoms with Gasteiger partial charge in [-0.15, -0.1) is 11.8 Å². The maximum absolute atomic E-state index is 11.7. The van der Waals surface area contributed by atoms with Crippen LogP contribution in [0.1, 0.15) is 34.1 Å². The quantitative estimate of drug-likeness (QED) is 0.740. The van der Waals surface area contributed by atoms with Crippen molar-refractivity contribution in [1.82, 2.24) is 0 Å². The zero-order valence-electron chi connectivity index (χ0n) is 8.99. The Hall–Kier alpha value is -1.29. The van der Waals surface area contributed by atoms with E-state index in [2.05, 4.69) is 0 Å². The highest BCUT2D eigenvalue weighted by Crippen LogP contribution is 2.33. The van der Waals surface area contributed by atoms with E-state index in [4.69, 9.17) is 4.74 Å². The number of Topliss-reactive ketones (excluding diaryl/α,β-unsaturated/α-hetero) is 1. The Balaban J connectivity index is 2.43. The van der Waals surface area contributed by atoms with Gasteiger partial charge in [-0.05, 0) is 13.0 Å². The highest BCUT2D eigenvalue weighted by Gasteiger charge is 2.23. The molecule has 0 unspecified atom stereocenters. The topological polar surface area (TPSA) is 43.4 Å². The molecule has 4 heteroatoms. The van der Waals surface area contributed by atoms with Crippen LogP contribution < -0.4 is 0 Å². The largest absolute Gasteiger partial charge is 0.462 e. The SMILES string of the molecule is CCOC(=O)c1cccc2c1SCCC2=O. The van der Waals surface area contributed by atoms with Gasteiger partial charge in [0.25, 0.3) is 0 Å². The van der Waals surface area contributed by atoms with Crippen LogP contribution in [0.4, 0.5) is 0 Å². The van der Waals surface area contributed by atoms with Crippen molar-refractivity contribution in [3.63, 3.8) is 0 Å². The van der Waals surface area contributed by atoms with E-state index in [0.717, 1.165) is 10.6 Å². The second-order valence-corrected chi connectivity index (χ2v) is 4.53. The van der Waals surface area contributed by atoms with Gasteiger partial charge in [0.15, 0.2) is 5.78 Å². The number of carbonyl (C=O) groups is 2. The zero-order chi connectivity index (χ0) is 11.5. The third-order valence-electron chi connectivity index (χ3n) is 2.39. The lowest BCUT2D eigenvalue weighted by Gasteiger charge is -2.16. The van der Waals surface area contributed by atoms with Gasteiger partial charge in [-0.1, -0.05) is 12.1 Å². The first-order valence-corrected chi connectivity index (χ1v) is 6.18. The minimum atomic E-state index is -0.346. The summed E-state index contributed by atoms with van der Waals surface area (Å²) in [7, 11) is 0. The fourth-order valence-electron chi connectivity index (χ4n) is 1.66. The molecule has 0 aromatic heterocycles. The van der Waals surface area contributed by atoms with Crippen LogP contribution in [0.2, 0.25) is 0 Å². The number of ether oxygens (including phenoxy) is 1. The maximum Gasteiger partial charge on any atom is 0.339 e. The number of rotatable bonds is 2. The Bertz CT molecular complexity index is 440. The van der Waals surface area contributed by atoms with Gasteiger partial charge in [0, 0.05) is 22.6 Å². The molecular formula is C12H12O3S. The third kappa shape index (κ3) is 1.97. The highest BCUT2D eigenvalue weighted by atomic mass is 32.2. The standard InChI is InChI=1S/C12H12O3S/c1-2-15-12(14)9-5-3-4-8-10(13)6-7-16-11(8)9/h3-5H,2,6-7H2,1H3. The van der Waals surface area contributed by atoms with Gasteiger partial charge in [-0.3, -0.25) is 4.79 Å². The lowest BCUT2D eigenvalue weighted by atomic mass is 10.0. The number of esters is 1. The molecule has 0 amide bonds. The molecule has 0 saturated heterocycles. The van der Waals surface area contributed by atoms with Gasteiger partial charge < -0.3 is 4.74 Å². The molecule has 1 heterocycles. The third-order valence-corrected chi connectivity index (χ3v) is 3.52. The van der Waals surface area contributed by atoms with Crippen molar-refractivity contribution < 1.29 is 14.3 Å². The minimum Gasteiger partial charge on any atom is -0.462 e. The Kier molecular flexibility index (Phi) is 3.29. The summed E-state index contributed by atoms with van der Waals surface area (Å²) in [5, 5.41) is 0. The van der Waals surface area contributed by atoms with E-state index >= 15 is 0 Å². The molecular weight excluding hydrogens is 224 g/mol. The average Bonchev–Trinajstić information content (AvgIpc) is 2.29. The normalized spacial score (nSPS) is 14.4. The van der Waals surface area contributed by atoms with Crippen LogP contribution in [0.25, 0.3) is 0 Å². The number of thioether (sulfide) groups is 1. The van der Waals surface area contributed by atoms with E-state index in [1.165, 1.54) is 0 Å². The van der Waals surface area contributed by atoms with E-state index in [-0.39, 0.29) is 11.8 Å². The molecule has 0 radical (unpaired) electrons. The van der Waals surface area contributed by atoms with E-state index in [9.17, 15) is 9.59 Å². The zero-order valence-corrected chi connectivity index (χ0v) is 9.80. The fraction of sp³-hybridized carbons (Fsp3) is 0.333. The van der Waals surface area contributed by atoms with Crippen molar-refractivity contribution in [3.05, 3.63) is 29.3 Å². The molecule has 1 aliphatic heterocycles. The fourth-order valence-corrected chi connectivity index (χ4v) is 2.80. The molecule has 1 aromatic rings. The molecule has 1 aliphatic rings. The van der Waals surface area contributed by atoms with E-state index < -0.39 is 0 Å².